The predicted octanol–water partition coefficient (Wildman–Crippen LogP) is 2.16. The van der Waals surface area contributed by atoms with E-state index in [0.29, 0.717) is 12.2 Å². The molecule has 2 aromatic rings. The van der Waals surface area contributed by atoms with Gasteiger partial charge in [-0.05, 0) is 31.0 Å². The maximum Gasteiger partial charge on any atom is 0.273 e. The van der Waals surface area contributed by atoms with Crippen LogP contribution in [0.5, 0.6) is 0 Å². The van der Waals surface area contributed by atoms with E-state index in [2.05, 4.69) is 9.97 Å². The van der Waals surface area contributed by atoms with Crippen LogP contribution in [-0.4, -0.2) is 34.4 Å². The summed E-state index contributed by atoms with van der Waals surface area (Å²) in [6, 6.07) is 3.93. The minimum atomic E-state index is -0.0113. The standard InChI is InChI=1S/C13H15N3OS/c1-10-12(15-9-18-10)13(17)16(2)8-5-11-3-6-14-7-4-11/h3-4,6-7,9H,5,8H2,1-2H3. The van der Waals surface area contributed by atoms with Gasteiger partial charge in [0.1, 0.15) is 5.69 Å². The highest BCUT2D eigenvalue weighted by atomic mass is 32.1. The van der Waals surface area contributed by atoms with Crippen molar-refractivity contribution < 1.29 is 4.79 Å². The van der Waals surface area contributed by atoms with Crippen molar-refractivity contribution >= 4 is 17.2 Å². The summed E-state index contributed by atoms with van der Waals surface area (Å²) in [5.41, 5.74) is 3.45. The van der Waals surface area contributed by atoms with Gasteiger partial charge in [-0.1, -0.05) is 0 Å². The molecule has 0 fully saturated rings. The first-order valence-corrected chi connectivity index (χ1v) is 6.61. The molecule has 1 amide bonds. The van der Waals surface area contributed by atoms with Gasteiger partial charge in [-0.25, -0.2) is 4.98 Å². The van der Waals surface area contributed by atoms with Crippen LogP contribution >= 0.6 is 11.3 Å². The quantitative estimate of drug-likeness (QED) is 0.847. The molecule has 0 saturated heterocycles. The molecule has 0 saturated carbocycles. The first-order valence-electron chi connectivity index (χ1n) is 5.73. The van der Waals surface area contributed by atoms with E-state index in [4.69, 9.17) is 0 Å². The molecule has 0 aliphatic carbocycles. The summed E-state index contributed by atoms with van der Waals surface area (Å²) < 4.78 is 0. The van der Waals surface area contributed by atoms with Crippen molar-refractivity contribution in [3.63, 3.8) is 0 Å². The summed E-state index contributed by atoms with van der Waals surface area (Å²) in [4.78, 5) is 22.9. The molecule has 0 aliphatic heterocycles. The fourth-order valence-corrected chi connectivity index (χ4v) is 2.21. The van der Waals surface area contributed by atoms with E-state index in [1.54, 1.807) is 22.8 Å². The lowest BCUT2D eigenvalue weighted by atomic mass is 10.2. The number of carbonyl (C=O) groups is 1. The number of nitrogens with zero attached hydrogens (tertiary/aromatic N) is 3. The second-order valence-electron chi connectivity index (χ2n) is 4.09. The van der Waals surface area contributed by atoms with Crippen LogP contribution < -0.4 is 0 Å². The number of likely N-dealkylation sites (N-methyl/N-ethyl adjacent to an activating group) is 1. The second-order valence-corrected chi connectivity index (χ2v) is 5.15. The number of thiazole rings is 1. The average Bonchev–Trinajstić information content (AvgIpc) is 2.82. The Morgan fingerprint density at radius 3 is 2.72 bits per heavy atom. The zero-order chi connectivity index (χ0) is 13.0. The molecule has 0 radical (unpaired) electrons. The third kappa shape index (κ3) is 2.92. The molecule has 18 heavy (non-hydrogen) atoms. The van der Waals surface area contributed by atoms with E-state index in [0.717, 1.165) is 11.3 Å². The maximum atomic E-state index is 12.1. The van der Waals surface area contributed by atoms with Gasteiger partial charge in [-0.3, -0.25) is 9.78 Å². The fourth-order valence-electron chi connectivity index (χ4n) is 1.64. The normalized spacial score (nSPS) is 10.3. The van der Waals surface area contributed by atoms with E-state index >= 15 is 0 Å². The highest BCUT2D eigenvalue weighted by Crippen LogP contribution is 2.13. The van der Waals surface area contributed by atoms with E-state index < -0.39 is 0 Å². The molecule has 2 aromatic heterocycles. The predicted molar refractivity (Wildman–Crippen MR) is 71.8 cm³/mol. The van der Waals surface area contributed by atoms with Crippen LogP contribution in [0.15, 0.2) is 30.0 Å². The molecule has 2 rings (SSSR count). The van der Waals surface area contributed by atoms with Crippen LogP contribution in [0.25, 0.3) is 0 Å². The van der Waals surface area contributed by atoms with Crippen molar-refractivity contribution in [2.45, 2.75) is 13.3 Å². The van der Waals surface area contributed by atoms with Crippen molar-refractivity contribution in [2.75, 3.05) is 13.6 Å². The summed E-state index contributed by atoms with van der Waals surface area (Å²) in [5, 5.41) is 0. The summed E-state index contributed by atoms with van der Waals surface area (Å²) >= 11 is 1.50. The molecule has 0 unspecified atom stereocenters. The van der Waals surface area contributed by atoms with Crippen molar-refractivity contribution in [3.05, 3.63) is 46.2 Å². The third-order valence-corrected chi connectivity index (χ3v) is 3.54. The van der Waals surface area contributed by atoms with Crippen LogP contribution in [0.2, 0.25) is 0 Å². The lowest BCUT2D eigenvalue weighted by Gasteiger charge is -2.16. The van der Waals surface area contributed by atoms with E-state index in [1.807, 2.05) is 26.1 Å². The number of aromatic nitrogens is 2. The topological polar surface area (TPSA) is 46.1 Å². The second kappa shape index (κ2) is 5.73. The van der Waals surface area contributed by atoms with Crippen molar-refractivity contribution in [3.8, 4) is 0 Å². The number of aryl methyl sites for hydroxylation is 1. The number of hydrogen-bond donors (Lipinski definition) is 0. The Balaban J connectivity index is 1.95. The third-order valence-electron chi connectivity index (χ3n) is 2.78. The van der Waals surface area contributed by atoms with Gasteiger partial charge in [0.05, 0.1) is 5.51 Å². The Bertz CT molecular complexity index is 524. The molecule has 4 nitrogen and oxygen atoms in total. The SMILES string of the molecule is Cc1scnc1C(=O)N(C)CCc1ccncc1. The minimum absolute atomic E-state index is 0.0113. The van der Waals surface area contributed by atoms with E-state index in [-0.39, 0.29) is 5.91 Å². The zero-order valence-corrected chi connectivity index (χ0v) is 11.3. The first-order chi connectivity index (χ1) is 8.68. The zero-order valence-electron chi connectivity index (χ0n) is 10.5. The van der Waals surface area contributed by atoms with Crippen LogP contribution in [-0.2, 0) is 6.42 Å². The maximum absolute atomic E-state index is 12.1. The highest BCUT2D eigenvalue weighted by molar-refractivity contribution is 7.09. The lowest BCUT2D eigenvalue weighted by molar-refractivity contribution is 0.0791. The molecule has 0 bridgehead atoms. The van der Waals surface area contributed by atoms with Crippen LogP contribution in [0.3, 0.4) is 0 Å². The number of rotatable bonds is 4. The Labute approximate surface area is 110 Å². The molecular formula is C13H15N3OS. The lowest BCUT2D eigenvalue weighted by Crippen LogP contribution is -2.29. The Morgan fingerprint density at radius 1 is 1.39 bits per heavy atom. The molecule has 0 N–H and O–H groups in total. The Kier molecular flexibility index (Phi) is 4.04. The largest absolute Gasteiger partial charge is 0.340 e. The minimum Gasteiger partial charge on any atom is -0.340 e. The van der Waals surface area contributed by atoms with Crippen molar-refractivity contribution in [1.82, 2.24) is 14.9 Å². The van der Waals surface area contributed by atoms with Gasteiger partial charge in [-0.15, -0.1) is 11.3 Å². The molecule has 0 spiro atoms. The van der Waals surface area contributed by atoms with Crippen molar-refractivity contribution in [1.29, 1.82) is 0 Å². The number of hydrogen-bond acceptors (Lipinski definition) is 4. The van der Waals surface area contributed by atoms with Crippen LogP contribution in [0.4, 0.5) is 0 Å². The summed E-state index contributed by atoms with van der Waals surface area (Å²) in [7, 11) is 1.81. The summed E-state index contributed by atoms with van der Waals surface area (Å²) in [5.74, 6) is -0.0113. The van der Waals surface area contributed by atoms with Gasteiger partial charge in [-0.2, -0.15) is 0 Å². The van der Waals surface area contributed by atoms with Crippen molar-refractivity contribution in [2.24, 2.45) is 0 Å². The van der Waals surface area contributed by atoms with E-state index in [1.165, 1.54) is 16.9 Å². The smallest absolute Gasteiger partial charge is 0.273 e. The van der Waals surface area contributed by atoms with Crippen LogP contribution in [0.1, 0.15) is 20.9 Å². The summed E-state index contributed by atoms with van der Waals surface area (Å²) in [6.07, 6.45) is 4.36. The number of amides is 1. The van der Waals surface area contributed by atoms with Gasteiger partial charge in [0.2, 0.25) is 0 Å². The van der Waals surface area contributed by atoms with Gasteiger partial charge >= 0.3 is 0 Å². The first kappa shape index (κ1) is 12.7. The molecule has 2 heterocycles. The Hall–Kier alpha value is -1.75. The number of pyridine rings is 1. The number of carbonyl (C=O) groups excluding carboxylic acids is 1. The Morgan fingerprint density at radius 2 is 2.11 bits per heavy atom. The van der Waals surface area contributed by atoms with Gasteiger partial charge < -0.3 is 4.90 Å². The molecule has 5 heteroatoms. The summed E-state index contributed by atoms with van der Waals surface area (Å²) in [6.45, 7) is 2.60. The van der Waals surface area contributed by atoms with Crippen LogP contribution in [0, 0.1) is 6.92 Å². The molecule has 94 valence electrons. The monoisotopic (exact) mass is 261 g/mol. The highest BCUT2D eigenvalue weighted by Gasteiger charge is 2.16. The molecule has 0 aromatic carbocycles. The molecule has 0 aliphatic rings. The van der Waals surface area contributed by atoms with E-state index in [9.17, 15) is 4.79 Å². The van der Waals surface area contributed by atoms with Gasteiger partial charge in [0.15, 0.2) is 0 Å². The average molecular weight is 261 g/mol. The molecular weight excluding hydrogens is 246 g/mol. The van der Waals surface area contributed by atoms with Gasteiger partial charge in [0, 0.05) is 30.9 Å². The fraction of sp³-hybridized carbons (Fsp3) is 0.308. The molecule has 0 atom stereocenters. The van der Waals surface area contributed by atoms with Gasteiger partial charge in [0.25, 0.3) is 5.91 Å².